The first-order chi connectivity index (χ1) is 7.36. The maximum Gasteiger partial charge on any atom is 0.243 e. The molecule has 0 saturated heterocycles. The number of rotatable bonds is 4. The zero-order valence-electron chi connectivity index (χ0n) is 9.35. The van der Waals surface area contributed by atoms with E-state index in [9.17, 15) is 13.2 Å². The first-order valence-corrected chi connectivity index (χ1v) is 6.54. The van der Waals surface area contributed by atoms with Gasteiger partial charge in [0.1, 0.15) is 11.0 Å². The molecular weight excluding hydrogens is 232 g/mol. The van der Waals surface area contributed by atoms with Gasteiger partial charge in [0.15, 0.2) is 15.7 Å². The van der Waals surface area contributed by atoms with Crippen molar-refractivity contribution in [1.29, 1.82) is 0 Å². The highest BCUT2D eigenvalue weighted by atomic mass is 32.2. The van der Waals surface area contributed by atoms with Crippen LogP contribution >= 0.6 is 0 Å². The molecule has 0 radical (unpaired) electrons. The van der Waals surface area contributed by atoms with Crippen LogP contribution in [-0.2, 0) is 14.6 Å². The number of hydrogen-bond donors (Lipinski definition) is 1. The molecule has 0 saturated carbocycles. The monoisotopic (exact) mass is 246 g/mol. The summed E-state index contributed by atoms with van der Waals surface area (Å²) in [6, 6.07) is 1.52. The molecule has 0 aliphatic rings. The number of nitrogens with one attached hydrogen (secondary N) is 1. The molecule has 1 rings (SSSR count). The van der Waals surface area contributed by atoms with Gasteiger partial charge >= 0.3 is 0 Å². The highest BCUT2D eigenvalue weighted by Crippen LogP contribution is 2.10. The van der Waals surface area contributed by atoms with Crippen LogP contribution in [0.1, 0.15) is 19.6 Å². The SMILES string of the molecule is CCS(=O)(=O)[C@@H](C)C(=O)Nc1cc(C)on1. The van der Waals surface area contributed by atoms with Crippen molar-refractivity contribution in [2.24, 2.45) is 0 Å². The summed E-state index contributed by atoms with van der Waals surface area (Å²) < 4.78 is 27.6. The number of aryl methyl sites for hydroxylation is 1. The quantitative estimate of drug-likeness (QED) is 0.846. The Hall–Kier alpha value is -1.37. The molecule has 1 atom stereocenters. The highest BCUT2D eigenvalue weighted by molar-refractivity contribution is 7.92. The van der Waals surface area contributed by atoms with Crippen LogP contribution in [0.4, 0.5) is 5.82 Å². The average Bonchev–Trinajstić information content (AvgIpc) is 2.62. The van der Waals surface area contributed by atoms with Crippen LogP contribution in [0, 0.1) is 6.92 Å². The molecule has 0 spiro atoms. The number of hydrogen-bond acceptors (Lipinski definition) is 5. The lowest BCUT2D eigenvalue weighted by Crippen LogP contribution is -2.33. The molecule has 0 bridgehead atoms. The van der Waals surface area contributed by atoms with Crippen molar-refractivity contribution in [2.75, 3.05) is 11.1 Å². The summed E-state index contributed by atoms with van der Waals surface area (Å²) in [5.74, 6) is 0.0940. The fourth-order valence-corrected chi connectivity index (χ4v) is 1.95. The zero-order valence-corrected chi connectivity index (χ0v) is 10.2. The average molecular weight is 246 g/mol. The van der Waals surface area contributed by atoms with Gasteiger partial charge in [-0.15, -0.1) is 0 Å². The summed E-state index contributed by atoms with van der Waals surface area (Å²) in [5.41, 5.74) is 0. The van der Waals surface area contributed by atoms with Gasteiger partial charge in [-0.1, -0.05) is 12.1 Å². The molecule has 1 aromatic rings. The predicted molar refractivity (Wildman–Crippen MR) is 58.8 cm³/mol. The van der Waals surface area contributed by atoms with Crippen LogP contribution in [0.2, 0.25) is 0 Å². The van der Waals surface area contributed by atoms with Crippen molar-refractivity contribution in [2.45, 2.75) is 26.0 Å². The molecular formula is C9H14N2O4S. The van der Waals surface area contributed by atoms with Gasteiger partial charge in [0.25, 0.3) is 0 Å². The minimum atomic E-state index is -3.38. The number of anilines is 1. The van der Waals surface area contributed by atoms with E-state index in [0.29, 0.717) is 5.76 Å². The van der Waals surface area contributed by atoms with Crippen LogP contribution in [0.3, 0.4) is 0 Å². The molecule has 6 nitrogen and oxygen atoms in total. The van der Waals surface area contributed by atoms with E-state index in [1.54, 1.807) is 6.92 Å². The van der Waals surface area contributed by atoms with Gasteiger partial charge in [-0.2, -0.15) is 0 Å². The van der Waals surface area contributed by atoms with E-state index in [0.717, 1.165) is 0 Å². The van der Waals surface area contributed by atoms with Crippen LogP contribution in [0.25, 0.3) is 0 Å². The van der Waals surface area contributed by atoms with Crippen molar-refractivity contribution in [1.82, 2.24) is 5.16 Å². The Morgan fingerprint density at radius 2 is 2.25 bits per heavy atom. The van der Waals surface area contributed by atoms with E-state index < -0.39 is 21.0 Å². The molecule has 16 heavy (non-hydrogen) atoms. The summed E-state index contributed by atoms with van der Waals surface area (Å²) in [7, 11) is -3.38. The Balaban J connectivity index is 2.73. The van der Waals surface area contributed by atoms with E-state index in [1.807, 2.05) is 0 Å². The van der Waals surface area contributed by atoms with Gasteiger partial charge in [0.2, 0.25) is 5.91 Å². The van der Waals surface area contributed by atoms with Gasteiger partial charge in [-0.3, -0.25) is 4.79 Å². The molecule has 7 heteroatoms. The van der Waals surface area contributed by atoms with E-state index >= 15 is 0 Å². The summed E-state index contributed by atoms with van der Waals surface area (Å²) in [5, 5.41) is 4.84. The fraction of sp³-hybridized carbons (Fsp3) is 0.556. The second-order valence-corrected chi connectivity index (χ2v) is 6.02. The Bertz CT molecular complexity index is 477. The molecule has 90 valence electrons. The topological polar surface area (TPSA) is 89.3 Å². The molecule has 1 aromatic heterocycles. The maximum atomic E-state index is 11.6. The summed E-state index contributed by atoms with van der Waals surface area (Å²) in [4.78, 5) is 11.6. The molecule has 1 amide bonds. The maximum absolute atomic E-state index is 11.6. The molecule has 1 N–H and O–H groups in total. The van der Waals surface area contributed by atoms with E-state index in [2.05, 4.69) is 10.5 Å². The third kappa shape index (κ3) is 2.82. The van der Waals surface area contributed by atoms with E-state index in [1.165, 1.54) is 19.9 Å². The van der Waals surface area contributed by atoms with Gasteiger partial charge < -0.3 is 9.84 Å². The molecule has 0 aliphatic carbocycles. The standard InChI is InChI=1S/C9H14N2O4S/c1-4-16(13,14)7(3)9(12)10-8-5-6(2)15-11-8/h5,7H,4H2,1-3H3,(H,10,11,12)/t7-/m0/s1. The first-order valence-electron chi connectivity index (χ1n) is 4.82. The molecule has 0 fully saturated rings. The summed E-state index contributed by atoms with van der Waals surface area (Å²) in [6.45, 7) is 4.52. The molecule has 0 aliphatic heterocycles. The smallest absolute Gasteiger partial charge is 0.243 e. The summed E-state index contributed by atoms with van der Waals surface area (Å²) >= 11 is 0. The zero-order chi connectivity index (χ0) is 12.3. The Morgan fingerprint density at radius 3 is 2.69 bits per heavy atom. The number of carbonyl (C=O) groups is 1. The lowest BCUT2D eigenvalue weighted by Gasteiger charge is -2.09. The van der Waals surface area contributed by atoms with Crippen LogP contribution in [0.5, 0.6) is 0 Å². The molecule has 0 aromatic carbocycles. The van der Waals surface area contributed by atoms with Crippen LogP contribution < -0.4 is 5.32 Å². The van der Waals surface area contributed by atoms with Gasteiger partial charge in [0.05, 0.1) is 0 Å². The van der Waals surface area contributed by atoms with Crippen molar-refractivity contribution in [3.8, 4) is 0 Å². The first kappa shape index (κ1) is 12.7. The van der Waals surface area contributed by atoms with Gasteiger partial charge in [-0.05, 0) is 13.8 Å². The fourth-order valence-electron chi connectivity index (χ4n) is 1.07. The third-order valence-corrected chi connectivity index (χ3v) is 4.29. The highest BCUT2D eigenvalue weighted by Gasteiger charge is 2.26. The number of carbonyl (C=O) groups excluding carboxylic acids is 1. The van der Waals surface area contributed by atoms with E-state index in [4.69, 9.17) is 4.52 Å². The normalized spacial score (nSPS) is 13.4. The van der Waals surface area contributed by atoms with Crippen molar-refractivity contribution >= 4 is 21.6 Å². The minimum absolute atomic E-state index is 0.0700. The number of sulfone groups is 1. The van der Waals surface area contributed by atoms with Crippen molar-refractivity contribution in [3.05, 3.63) is 11.8 Å². The van der Waals surface area contributed by atoms with Crippen LogP contribution in [-0.4, -0.2) is 30.5 Å². The third-order valence-electron chi connectivity index (χ3n) is 2.19. The minimum Gasteiger partial charge on any atom is -0.360 e. The second kappa shape index (κ2) is 4.65. The Labute approximate surface area is 93.9 Å². The van der Waals surface area contributed by atoms with Crippen molar-refractivity contribution in [3.63, 3.8) is 0 Å². The van der Waals surface area contributed by atoms with E-state index in [-0.39, 0.29) is 11.6 Å². The largest absolute Gasteiger partial charge is 0.360 e. The lowest BCUT2D eigenvalue weighted by molar-refractivity contribution is -0.115. The predicted octanol–water partition coefficient (Wildman–Crippen LogP) is 0.745. The Morgan fingerprint density at radius 1 is 1.62 bits per heavy atom. The number of amides is 1. The Kier molecular flexibility index (Phi) is 3.69. The second-order valence-electron chi connectivity index (χ2n) is 3.41. The lowest BCUT2D eigenvalue weighted by atomic mass is 10.4. The van der Waals surface area contributed by atoms with Crippen molar-refractivity contribution < 1.29 is 17.7 Å². The molecule has 1 heterocycles. The van der Waals surface area contributed by atoms with Crippen LogP contribution in [0.15, 0.2) is 10.6 Å². The van der Waals surface area contributed by atoms with Gasteiger partial charge in [-0.25, -0.2) is 8.42 Å². The number of aromatic nitrogens is 1. The molecule has 0 unspecified atom stereocenters. The van der Waals surface area contributed by atoms with Gasteiger partial charge in [0, 0.05) is 11.8 Å². The number of nitrogens with zero attached hydrogens (tertiary/aromatic N) is 1. The summed E-state index contributed by atoms with van der Waals surface area (Å²) in [6.07, 6.45) is 0.